The highest BCUT2D eigenvalue weighted by Gasteiger charge is 2.38. The van der Waals surface area contributed by atoms with Gasteiger partial charge in [0.1, 0.15) is 5.82 Å². The standard InChI is InChI=1S/C20H20ClFN2O3S/c21-16-9-12(22)4-5-14(16)13-2-1-3-15(13)20(26)24-7-6-11-8-17(19(25)23-27)28-18(11)10-24/h4-5,8-9,13,15,27H,1-3,6-7,10H2,(H,23,25). The molecular formula is C20H20ClFN2O3S. The molecule has 28 heavy (non-hydrogen) atoms. The SMILES string of the molecule is O=C(NO)c1cc2c(s1)CN(C(=O)C1CCCC1c1ccc(F)cc1Cl)CC2. The smallest absolute Gasteiger partial charge is 0.284 e. The zero-order valence-corrected chi connectivity index (χ0v) is 16.7. The van der Waals surface area contributed by atoms with Crippen molar-refractivity contribution in [3.8, 4) is 0 Å². The molecular weight excluding hydrogens is 403 g/mol. The van der Waals surface area contributed by atoms with Crippen molar-refractivity contribution < 1.29 is 19.2 Å². The third kappa shape index (κ3) is 3.54. The third-order valence-corrected chi connectivity index (χ3v) is 7.20. The van der Waals surface area contributed by atoms with Crippen molar-refractivity contribution in [3.05, 3.63) is 56.0 Å². The molecule has 2 amide bonds. The number of carbonyl (C=O) groups excluding carboxylic acids is 2. The first kappa shape index (κ1) is 19.4. The molecule has 1 aliphatic carbocycles. The average molecular weight is 423 g/mol. The fourth-order valence-electron chi connectivity index (χ4n) is 4.34. The van der Waals surface area contributed by atoms with Gasteiger partial charge in [-0.3, -0.25) is 14.8 Å². The Hall–Kier alpha value is -1.96. The van der Waals surface area contributed by atoms with Gasteiger partial charge >= 0.3 is 0 Å². The van der Waals surface area contributed by atoms with Crippen LogP contribution in [0.4, 0.5) is 4.39 Å². The summed E-state index contributed by atoms with van der Waals surface area (Å²) in [5.74, 6) is -0.974. The molecule has 0 spiro atoms. The van der Waals surface area contributed by atoms with E-state index in [0.29, 0.717) is 29.4 Å². The number of rotatable bonds is 3. The Labute approximate surface area is 171 Å². The quantitative estimate of drug-likeness (QED) is 0.577. The molecule has 1 aromatic carbocycles. The van der Waals surface area contributed by atoms with E-state index in [0.717, 1.165) is 35.3 Å². The van der Waals surface area contributed by atoms with Crippen LogP contribution in [0.5, 0.6) is 0 Å². The maximum Gasteiger partial charge on any atom is 0.284 e. The van der Waals surface area contributed by atoms with Gasteiger partial charge in [0.25, 0.3) is 5.91 Å². The molecule has 2 aliphatic rings. The molecule has 1 saturated carbocycles. The molecule has 2 atom stereocenters. The molecule has 1 aliphatic heterocycles. The van der Waals surface area contributed by atoms with E-state index in [4.69, 9.17) is 16.8 Å². The van der Waals surface area contributed by atoms with E-state index in [2.05, 4.69) is 0 Å². The third-order valence-electron chi connectivity index (χ3n) is 5.71. The molecule has 1 fully saturated rings. The van der Waals surface area contributed by atoms with Crippen LogP contribution in [-0.4, -0.2) is 28.5 Å². The Kier molecular flexibility index (Phi) is 5.40. The number of nitrogens with one attached hydrogen (secondary N) is 1. The molecule has 4 rings (SSSR count). The highest BCUT2D eigenvalue weighted by molar-refractivity contribution is 7.14. The summed E-state index contributed by atoms with van der Waals surface area (Å²) in [6.45, 7) is 1.07. The molecule has 2 aromatic rings. The number of benzene rings is 1. The molecule has 0 radical (unpaired) electrons. The Bertz CT molecular complexity index is 932. The number of hydrogen-bond donors (Lipinski definition) is 2. The maximum absolute atomic E-state index is 13.4. The van der Waals surface area contributed by atoms with Gasteiger partial charge in [0.05, 0.1) is 11.4 Å². The van der Waals surface area contributed by atoms with E-state index in [9.17, 15) is 14.0 Å². The topological polar surface area (TPSA) is 69.6 Å². The number of hydroxylamine groups is 1. The van der Waals surface area contributed by atoms with Crippen molar-refractivity contribution in [3.63, 3.8) is 0 Å². The first-order valence-corrected chi connectivity index (χ1v) is 10.5. The first-order chi connectivity index (χ1) is 13.5. The lowest BCUT2D eigenvalue weighted by Crippen LogP contribution is -2.40. The van der Waals surface area contributed by atoms with E-state index in [1.54, 1.807) is 17.6 Å². The Morgan fingerprint density at radius 2 is 2.11 bits per heavy atom. The van der Waals surface area contributed by atoms with Gasteiger partial charge in [0.2, 0.25) is 5.91 Å². The Balaban J connectivity index is 1.52. The summed E-state index contributed by atoms with van der Waals surface area (Å²) in [5, 5.41) is 9.20. The van der Waals surface area contributed by atoms with E-state index >= 15 is 0 Å². The minimum absolute atomic E-state index is 0.000982. The zero-order valence-electron chi connectivity index (χ0n) is 15.1. The summed E-state index contributed by atoms with van der Waals surface area (Å²) in [6.07, 6.45) is 3.28. The minimum Gasteiger partial charge on any atom is -0.337 e. The minimum atomic E-state index is -0.529. The molecule has 2 N–H and O–H groups in total. The zero-order chi connectivity index (χ0) is 19.8. The molecule has 2 unspecified atom stereocenters. The van der Waals surface area contributed by atoms with Gasteiger partial charge in [0, 0.05) is 22.4 Å². The monoisotopic (exact) mass is 422 g/mol. The number of thiophene rings is 1. The van der Waals surface area contributed by atoms with Gasteiger partial charge in [-0.05, 0) is 54.5 Å². The van der Waals surface area contributed by atoms with Crippen LogP contribution >= 0.6 is 22.9 Å². The van der Waals surface area contributed by atoms with E-state index < -0.39 is 5.91 Å². The van der Waals surface area contributed by atoms with Crippen LogP contribution in [0.2, 0.25) is 5.02 Å². The average Bonchev–Trinajstić information content (AvgIpc) is 3.33. The number of halogens is 2. The van der Waals surface area contributed by atoms with E-state index in [1.807, 2.05) is 4.90 Å². The highest BCUT2D eigenvalue weighted by Crippen LogP contribution is 2.44. The molecule has 5 nitrogen and oxygen atoms in total. The van der Waals surface area contributed by atoms with Crippen LogP contribution < -0.4 is 5.48 Å². The van der Waals surface area contributed by atoms with E-state index in [-0.39, 0.29) is 23.6 Å². The molecule has 148 valence electrons. The summed E-state index contributed by atoms with van der Waals surface area (Å²) in [6, 6.07) is 6.18. The van der Waals surface area contributed by atoms with Crippen LogP contribution in [-0.2, 0) is 17.8 Å². The number of hydrogen-bond acceptors (Lipinski definition) is 4. The van der Waals surface area contributed by atoms with Crippen LogP contribution in [0.3, 0.4) is 0 Å². The van der Waals surface area contributed by atoms with Crippen molar-refractivity contribution in [2.75, 3.05) is 6.54 Å². The molecule has 0 bridgehead atoms. The first-order valence-electron chi connectivity index (χ1n) is 9.27. The van der Waals surface area contributed by atoms with Crippen LogP contribution in [0.15, 0.2) is 24.3 Å². The molecule has 2 heterocycles. The van der Waals surface area contributed by atoms with Crippen molar-refractivity contribution in [1.82, 2.24) is 10.4 Å². The Morgan fingerprint density at radius 3 is 2.86 bits per heavy atom. The summed E-state index contributed by atoms with van der Waals surface area (Å²) < 4.78 is 13.4. The Morgan fingerprint density at radius 1 is 1.29 bits per heavy atom. The van der Waals surface area contributed by atoms with Crippen LogP contribution in [0.1, 0.15) is 50.9 Å². The predicted molar refractivity (Wildman–Crippen MR) is 104 cm³/mol. The van der Waals surface area contributed by atoms with Crippen molar-refractivity contribution in [1.29, 1.82) is 0 Å². The van der Waals surface area contributed by atoms with Crippen LogP contribution in [0, 0.1) is 11.7 Å². The predicted octanol–water partition coefficient (Wildman–Crippen LogP) is 4.13. The lowest BCUT2D eigenvalue weighted by atomic mass is 9.87. The lowest BCUT2D eigenvalue weighted by Gasteiger charge is -2.31. The molecule has 1 aromatic heterocycles. The molecule has 8 heteroatoms. The molecule has 0 saturated heterocycles. The van der Waals surface area contributed by atoms with Gasteiger partial charge in [-0.15, -0.1) is 11.3 Å². The maximum atomic E-state index is 13.4. The summed E-state index contributed by atoms with van der Waals surface area (Å²) in [4.78, 5) is 28.2. The van der Waals surface area contributed by atoms with Gasteiger partial charge in [0.15, 0.2) is 0 Å². The lowest BCUT2D eigenvalue weighted by molar-refractivity contribution is -0.136. The fraction of sp³-hybridized carbons (Fsp3) is 0.400. The highest BCUT2D eigenvalue weighted by atomic mass is 35.5. The summed E-state index contributed by atoms with van der Waals surface area (Å²) in [7, 11) is 0. The summed E-state index contributed by atoms with van der Waals surface area (Å²) in [5.41, 5.74) is 3.55. The summed E-state index contributed by atoms with van der Waals surface area (Å²) >= 11 is 7.56. The number of amides is 2. The second kappa shape index (κ2) is 7.81. The van der Waals surface area contributed by atoms with Gasteiger partial charge in [-0.2, -0.15) is 0 Å². The van der Waals surface area contributed by atoms with Crippen molar-refractivity contribution in [2.24, 2.45) is 5.92 Å². The van der Waals surface area contributed by atoms with Crippen molar-refractivity contribution >= 4 is 34.8 Å². The number of fused-ring (bicyclic) bond motifs is 1. The van der Waals surface area contributed by atoms with Gasteiger partial charge < -0.3 is 4.90 Å². The van der Waals surface area contributed by atoms with Gasteiger partial charge in [-0.25, -0.2) is 9.87 Å². The second-order valence-electron chi connectivity index (χ2n) is 7.32. The van der Waals surface area contributed by atoms with E-state index in [1.165, 1.54) is 23.5 Å². The second-order valence-corrected chi connectivity index (χ2v) is 8.86. The normalized spacial score (nSPS) is 21.5. The largest absolute Gasteiger partial charge is 0.337 e. The van der Waals surface area contributed by atoms with Gasteiger partial charge in [-0.1, -0.05) is 24.1 Å². The fourth-order valence-corrected chi connectivity index (χ4v) is 5.76. The van der Waals surface area contributed by atoms with Crippen molar-refractivity contribution in [2.45, 2.75) is 38.1 Å². The number of carbonyl (C=O) groups is 2. The van der Waals surface area contributed by atoms with Crippen LogP contribution in [0.25, 0.3) is 0 Å². The number of nitrogens with zero attached hydrogens (tertiary/aromatic N) is 1.